The molecule has 3 aromatic rings. The third kappa shape index (κ3) is 3.91. The first-order valence-corrected chi connectivity index (χ1v) is 10.3. The number of hydrogen-bond acceptors (Lipinski definition) is 3. The van der Waals surface area contributed by atoms with Crippen molar-refractivity contribution in [1.82, 2.24) is 5.32 Å². The van der Waals surface area contributed by atoms with E-state index in [4.69, 9.17) is 10.5 Å². The minimum Gasteiger partial charge on any atom is -0.381 e. The van der Waals surface area contributed by atoms with Crippen molar-refractivity contribution in [2.24, 2.45) is 5.73 Å². The molecule has 0 spiro atoms. The van der Waals surface area contributed by atoms with Gasteiger partial charge in [-0.1, -0.05) is 66.2 Å². The first kappa shape index (κ1) is 19.6. The zero-order chi connectivity index (χ0) is 20.3. The molecule has 0 aromatic heterocycles. The van der Waals surface area contributed by atoms with Gasteiger partial charge in [0.05, 0.1) is 11.5 Å². The number of ether oxygens (including phenoxy) is 1. The Labute approximate surface area is 172 Å². The van der Waals surface area contributed by atoms with Crippen molar-refractivity contribution in [3.63, 3.8) is 0 Å². The Morgan fingerprint density at radius 2 is 1.72 bits per heavy atom. The van der Waals surface area contributed by atoms with Gasteiger partial charge in [-0.05, 0) is 47.7 Å². The molecule has 1 fully saturated rings. The highest BCUT2D eigenvalue weighted by Crippen LogP contribution is 2.36. The van der Waals surface area contributed by atoms with Crippen molar-refractivity contribution in [3.05, 3.63) is 83.4 Å². The van der Waals surface area contributed by atoms with E-state index in [9.17, 15) is 4.79 Å². The molecular weight excluding hydrogens is 360 g/mol. The van der Waals surface area contributed by atoms with Gasteiger partial charge in [0, 0.05) is 19.8 Å². The fourth-order valence-electron chi connectivity index (χ4n) is 4.24. The first-order valence-electron chi connectivity index (χ1n) is 10.3. The van der Waals surface area contributed by atoms with Crippen LogP contribution < -0.4 is 11.1 Å². The summed E-state index contributed by atoms with van der Waals surface area (Å²) in [5.74, 6) is 0.0354. The van der Waals surface area contributed by atoms with E-state index in [1.807, 2.05) is 12.1 Å². The lowest BCUT2D eigenvalue weighted by molar-refractivity contribution is -0.131. The maximum absolute atomic E-state index is 13.6. The van der Waals surface area contributed by atoms with Crippen LogP contribution in [0.15, 0.2) is 66.7 Å². The molecule has 3 aromatic carbocycles. The molecule has 0 radical (unpaired) electrons. The Kier molecular flexibility index (Phi) is 5.65. The lowest BCUT2D eigenvalue weighted by atomic mass is 9.73. The number of rotatable bonds is 5. The summed E-state index contributed by atoms with van der Waals surface area (Å²) in [5, 5.41) is 5.58. The molecule has 150 valence electrons. The highest BCUT2D eigenvalue weighted by atomic mass is 16.5. The number of carbonyl (C=O) groups excluding carboxylic acids is 1. The van der Waals surface area contributed by atoms with E-state index in [1.165, 1.54) is 10.9 Å². The predicted octanol–water partition coefficient (Wildman–Crippen LogP) is 4.01. The number of aryl methyl sites for hydroxylation is 1. The standard InChI is InChI=1S/C25H28N2O2/c1-18-6-10-22(11-7-18)25(12-14-29-15-13-25)24(28)27-23(17-26)21-9-8-19-4-2-3-5-20(19)16-21/h2-11,16,23H,12-15,17,26H2,1H3,(H,27,28). The van der Waals surface area contributed by atoms with Crippen LogP contribution in [0, 0.1) is 6.92 Å². The third-order valence-electron chi connectivity index (χ3n) is 6.10. The summed E-state index contributed by atoms with van der Waals surface area (Å²) >= 11 is 0. The van der Waals surface area contributed by atoms with Crippen molar-refractivity contribution in [2.45, 2.75) is 31.2 Å². The number of hydrogen-bond donors (Lipinski definition) is 2. The van der Waals surface area contributed by atoms with Crippen molar-refractivity contribution >= 4 is 16.7 Å². The summed E-state index contributed by atoms with van der Waals surface area (Å²) in [6, 6.07) is 22.6. The normalized spacial score (nSPS) is 17.0. The maximum Gasteiger partial charge on any atom is 0.231 e. The fourth-order valence-corrected chi connectivity index (χ4v) is 4.24. The average Bonchev–Trinajstić information content (AvgIpc) is 2.78. The quantitative estimate of drug-likeness (QED) is 0.694. The summed E-state index contributed by atoms with van der Waals surface area (Å²) in [7, 11) is 0. The number of fused-ring (bicyclic) bond motifs is 1. The second kappa shape index (κ2) is 8.36. The van der Waals surface area contributed by atoms with Crippen LogP contribution in [0.5, 0.6) is 0 Å². The van der Waals surface area contributed by atoms with E-state index in [0.29, 0.717) is 32.6 Å². The number of benzene rings is 3. The molecule has 1 heterocycles. The Bertz CT molecular complexity index is 991. The number of nitrogens with one attached hydrogen (secondary N) is 1. The zero-order valence-electron chi connectivity index (χ0n) is 16.9. The maximum atomic E-state index is 13.6. The molecule has 1 aliphatic rings. The minimum absolute atomic E-state index is 0.0354. The molecule has 4 heteroatoms. The molecule has 1 unspecified atom stereocenters. The predicted molar refractivity (Wildman–Crippen MR) is 117 cm³/mol. The van der Waals surface area contributed by atoms with Gasteiger partial charge in [-0.25, -0.2) is 0 Å². The summed E-state index contributed by atoms with van der Waals surface area (Å²) in [6.07, 6.45) is 1.35. The van der Waals surface area contributed by atoms with E-state index >= 15 is 0 Å². The first-order chi connectivity index (χ1) is 14.1. The van der Waals surface area contributed by atoms with Crippen molar-refractivity contribution in [3.8, 4) is 0 Å². The summed E-state index contributed by atoms with van der Waals surface area (Å²) in [5.41, 5.74) is 8.79. The molecule has 29 heavy (non-hydrogen) atoms. The molecule has 0 bridgehead atoms. The highest BCUT2D eigenvalue weighted by molar-refractivity contribution is 5.89. The van der Waals surface area contributed by atoms with Crippen LogP contribution in [0.25, 0.3) is 10.8 Å². The molecule has 0 aliphatic carbocycles. The topological polar surface area (TPSA) is 64.4 Å². The van der Waals surface area contributed by atoms with Crippen LogP contribution in [0.1, 0.15) is 35.6 Å². The second-order valence-electron chi connectivity index (χ2n) is 7.93. The van der Waals surface area contributed by atoms with Gasteiger partial charge in [-0.3, -0.25) is 4.79 Å². The molecule has 1 aliphatic heterocycles. The van der Waals surface area contributed by atoms with E-state index in [2.05, 4.69) is 66.8 Å². The number of nitrogens with two attached hydrogens (primary N) is 1. The summed E-state index contributed by atoms with van der Waals surface area (Å²) in [6.45, 7) is 3.59. The van der Waals surface area contributed by atoms with Gasteiger partial charge in [0.1, 0.15) is 0 Å². The Hall–Kier alpha value is -2.69. The van der Waals surface area contributed by atoms with E-state index in [-0.39, 0.29) is 11.9 Å². The van der Waals surface area contributed by atoms with Gasteiger partial charge < -0.3 is 15.8 Å². The van der Waals surface area contributed by atoms with Crippen molar-refractivity contribution < 1.29 is 9.53 Å². The van der Waals surface area contributed by atoms with E-state index < -0.39 is 5.41 Å². The largest absolute Gasteiger partial charge is 0.381 e. The van der Waals surface area contributed by atoms with Crippen LogP contribution in [0.4, 0.5) is 0 Å². The van der Waals surface area contributed by atoms with Crippen LogP contribution in [-0.2, 0) is 14.9 Å². The molecule has 4 nitrogen and oxygen atoms in total. The Morgan fingerprint density at radius 3 is 2.41 bits per heavy atom. The van der Waals surface area contributed by atoms with Gasteiger partial charge >= 0.3 is 0 Å². The highest BCUT2D eigenvalue weighted by Gasteiger charge is 2.42. The molecule has 1 amide bonds. The minimum atomic E-state index is -0.573. The Morgan fingerprint density at radius 1 is 1.03 bits per heavy atom. The molecule has 1 saturated heterocycles. The number of amides is 1. The lowest BCUT2D eigenvalue weighted by Gasteiger charge is -2.37. The monoisotopic (exact) mass is 388 g/mol. The van der Waals surface area contributed by atoms with Gasteiger partial charge in [0.2, 0.25) is 5.91 Å². The van der Waals surface area contributed by atoms with E-state index in [1.54, 1.807) is 0 Å². The molecular formula is C25H28N2O2. The van der Waals surface area contributed by atoms with Gasteiger partial charge in [-0.2, -0.15) is 0 Å². The van der Waals surface area contributed by atoms with E-state index in [0.717, 1.165) is 16.5 Å². The summed E-state index contributed by atoms with van der Waals surface area (Å²) in [4.78, 5) is 13.6. The van der Waals surface area contributed by atoms with Gasteiger partial charge in [-0.15, -0.1) is 0 Å². The fraction of sp³-hybridized carbons (Fsp3) is 0.320. The molecule has 4 rings (SSSR count). The van der Waals surface area contributed by atoms with Crippen LogP contribution >= 0.6 is 0 Å². The van der Waals surface area contributed by atoms with Gasteiger partial charge in [0.15, 0.2) is 0 Å². The third-order valence-corrected chi connectivity index (χ3v) is 6.10. The SMILES string of the molecule is Cc1ccc(C2(C(=O)NC(CN)c3ccc4ccccc4c3)CCOCC2)cc1. The average molecular weight is 389 g/mol. The van der Waals surface area contributed by atoms with Crippen LogP contribution in [-0.4, -0.2) is 25.7 Å². The van der Waals surface area contributed by atoms with Crippen molar-refractivity contribution in [2.75, 3.05) is 19.8 Å². The number of carbonyl (C=O) groups is 1. The van der Waals surface area contributed by atoms with Crippen molar-refractivity contribution in [1.29, 1.82) is 0 Å². The second-order valence-corrected chi connectivity index (χ2v) is 7.93. The summed E-state index contributed by atoms with van der Waals surface area (Å²) < 4.78 is 5.58. The molecule has 0 saturated carbocycles. The van der Waals surface area contributed by atoms with Crippen LogP contribution in [0.3, 0.4) is 0 Å². The van der Waals surface area contributed by atoms with Gasteiger partial charge in [0.25, 0.3) is 0 Å². The lowest BCUT2D eigenvalue weighted by Crippen LogP contribution is -2.50. The zero-order valence-corrected chi connectivity index (χ0v) is 16.9. The Balaban J connectivity index is 1.63. The molecule has 3 N–H and O–H groups in total. The smallest absolute Gasteiger partial charge is 0.231 e. The molecule has 1 atom stereocenters. The van der Waals surface area contributed by atoms with Crippen LogP contribution in [0.2, 0.25) is 0 Å².